The lowest BCUT2D eigenvalue weighted by Gasteiger charge is -2.12. The van der Waals surface area contributed by atoms with Crippen LogP contribution in [0.4, 0.5) is 0 Å². The van der Waals surface area contributed by atoms with E-state index in [1.807, 2.05) is 25.3 Å². The van der Waals surface area contributed by atoms with Gasteiger partial charge >= 0.3 is 0 Å². The quantitative estimate of drug-likeness (QED) is 0.912. The van der Waals surface area contributed by atoms with Gasteiger partial charge in [0.05, 0.1) is 18.2 Å². The molecule has 6 nitrogen and oxygen atoms in total. The average Bonchev–Trinajstić information content (AvgIpc) is 2.96. The van der Waals surface area contributed by atoms with E-state index in [9.17, 15) is 0 Å². The van der Waals surface area contributed by atoms with Crippen LogP contribution < -0.4 is 5.73 Å². The summed E-state index contributed by atoms with van der Waals surface area (Å²) in [5, 5.41) is 3.99. The Hall–Kier alpha value is -1.69. The third kappa shape index (κ3) is 2.84. The van der Waals surface area contributed by atoms with Crippen molar-refractivity contribution in [1.29, 1.82) is 0 Å². The number of aryl methyl sites for hydroxylation is 1. The molecule has 0 saturated carbocycles. The summed E-state index contributed by atoms with van der Waals surface area (Å²) in [6.07, 6.45) is 4.56. The number of hydrogen-bond donors (Lipinski definition) is 1. The van der Waals surface area contributed by atoms with Crippen LogP contribution in [0.2, 0.25) is 0 Å². The molecule has 0 aliphatic heterocycles. The number of imidazole rings is 1. The normalized spacial score (nSPS) is 13.7. The van der Waals surface area contributed by atoms with E-state index < -0.39 is 6.04 Å². The van der Waals surface area contributed by atoms with Crippen LogP contribution in [0, 0.1) is 0 Å². The van der Waals surface area contributed by atoms with Gasteiger partial charge < -0.3 is 14.8 Å². The van der Waals surface area contributed by atoms with Crippen LogP contribution in [-0.2, 0) is 12.0 Å². The number of rotatable bonds is 4. The van der Waals surface area contributed by atoms with Gasteiger partial charge in [0.1, 0.15) is 6.04 Å². The lowest BCUT2D eigenvalue weighted by Crippen LogP contribution is -2.18. The smallest absolute Gasteiger partial charge is 0.232 e. The highest BCUT2D eigenvalue weighted by Gasteiger charge is 2.25. The van der Waals surface area contributed by atoms with E-state index in [-0.39, 0.29) is 5.41 Å². The SMILES string of the molecule is CCCn1cncc1C(N)c1noc(C(C)(C)C)n1. The second-order valence-corrected chi connectivity index (χ2v) is 5.70. The van der Waals surface area contributed by atoms with Crippen molar-refractivity contribution in [2.24, 2.45) is 5.73 Å². The molecule has 1 unspecified atom stereocenters. The molecule has 2 heterocycles. The summed E-state index contributed by atoms with van der Waals surface area (Å²) in [7, 11) is 0. The van der Waals surface area contributed by atoms with Gasteiger partial charge in [0.15, 0.2) is 5.82 Å². The monoisotopic (exact) mass is 263 g/mol. The molecule has 0 saturated heterocycles. The average molecular weight is 263 g/mol. The van der Waals surface area contributed by atoms with Gasteiger partial charge in [0, 0.05) is 12.0 Å². The molecule has 2 aromatic heterocycles. The van der Waals surface area contributed by atoms with Gasteiger partial charge in [0.25, 0.3) is 0 Å². The minimum absolute atomic E-state index is 0.172. The van der Waals surface area contributed by atoms with Gasteiger partial charge in [-0.3, -0.25) is 0 Å². The van der Waals surface area contributed by atoms with Crippen LogP contribution in [-0.4, -0.2) is 19.7 Å². The van der Waals surface area contributed by atoms with E-state index in [4.69, 9.17) is 10.3 Å². The predicted molar refractivity (Wildman–Crippen MR) is 71.5 cm³/mol. The highest BCUT2D eigenvalue weighted by molar-refractivity contribution is 5.15. The molecular formula is C13H21N5O. The van der Waals surface area contributed by atoms with Crippen LogP contribution >= 0.6 is 0 Å². The standard InChI is InChI=1S/C13H21N5O/c1-5-6-18-8-15-7-9(18)10(14)11-16-12(19-17-11)13(2,3)4/h7-8,10H,5-6,14H2,1-4H3. The van der Waals surface area contributed by atoms with Gasteiger partial charge in [-0.15, -0.1) is 0 Å². The Morgan fingerprint density at radius 1 is 1.42 bits per heavy atom. The molecule has 0 aliphatic rings. The lowest BCUT2D eigenvalue weighted by atomic mass is 9.97. The first-order chi connectivity index (χ1) is 8.93. The topological polar surface area (TPSA) is 82.8 Å². The number of hydrogen-bond acceptors (Lipinski definition) is 5. The fraction of sp³-hybridized carbons (Fsp3) is 0.615. The van der Waals surface area contributed by atoms with Gasteiger partial charge in [-0.1, -0.05) is 32.9 Å². The van der Waals surface area contributed by atoms with Crippen molar-refractivity contribution in [1.82, 2.24) is 19.7 Å². The molecular weight excluding hydrogens is 242 g/mol. The molecule has 0 bridgehead atoms. The molecule has 104 valence electrons. The first kappa shape index (κ1) is 13.7. The minimum Gasteiger partial charge on any atom is -0.339 e. The zero-order valence-electron chi connectivity index (χ0n) is 11.9. The van der Waals surface area contributed by atoms with E-state index in [0.29, 0.717) is 11.7 Å². The lowest BCUT2D eigenvalue weighted by molar-refractivity contribution is 0.317. The first-order valence-electron chi connectivity index (χ1n) is 6.53. The summed E-state index contributed by atoms with van der Waals surface area (Å²) in [5.41, 5.74) is 6.94. The van der Waals surface area contributed by atoms with Gasteiger partial charge in [-0.05, 0) is 6.42 Å². The van der Waals surface area contributed by atoms with Crippen LogP contribution in [0.1, 0.15) is 57.6 Å². The summed E-state index contributed by atoms with van der Waals surface area (Å²) in [4.78, 5) is 8.53. The molecule has 19 heavy (non-hydrogen) atoms. The molecule has 0 fully saturated rings. The minimum atomic E-state index is -0.408. The molecule has 1 atom stereocenters. The number of nitrogens with two attached hydrogens (primary N) is 1. The third-order valence-corrected chi connectivity index (χ3v) is 2.89. The second kappa shape index (κ2) is 5.13. The molecule has 0 spiro atoms. The van der Waals surface area contributed by atoms with E-state index in [1.54, 1.807) is 12.5 Å². The van der Waals surface area contributed by atoms with Crippen molar-refractivity contribution in [3.63, 3.8) is 0 Å². The summed E-state index contributed by atoms with van der Waals surface area (Å²) in [5.74, 6) is 1.10. The van der Waals surface area contributed by atoms with Crippen LogP contribution in [0.25, 0.3) is 0 Å². The van der Waals surface area contributed by atoms with Crippen molar-refractivity contribution < 1.29 is 4.52 Å². The van der Waals surface area contributed by atoms with E-state index in [0.717, 1.165) is 18.7 Å². The molecule has 2 N–H and O–H groups in total. The largest absolute Gasteiger partial charge is 0.339 e. The fourth-order valence-corrected chi connectivity index (χ4v) is 1.82. The van der Waals surface area contributed by atoms with E-state index in [1.165, 1.54) is 0 Å². The first-order valence-corrected chi connectivity index (χ1v) is 6.53. The number of aromatic nitrogens is 4. The Balaban J connectivity index is 2.26. The van der Waals surface area contributed by atoms with Crippen molar-refractivity contribution in [3.05, 3.63) is 29.9 Å². The molecule has 2 rings (SSSR count). The predicted octanol–water partition coefficient (Wildman–Crippen LogP) is 2.02. The van der Waals surface area contributed by atoms with Crippen molar-refractivity contribution >= 4 is 0 Å². The van der Waals surface area contributed by atoms with Crippen LogP contribution in [0.15, 0.2) is 17.0 Å². The molecule has 0 radical (unpaired) electrons. The maximum Gasteiger partial charge on any atom is 0.232 e. The van der Waals surface area contributed by atoms with E-state index >= 15 is 0 Å². The Morgan fingerprint density at radius 3 is 2.74 bits per heavy atom. The molecule has 0 amide bonds. The second-order valence-electron chi connectivity index (χ2n) is 5.70. The summed E-state index contributed by atoms with van der Waals surface area (Å²) in [6.45, 7) is 9.07. The maximum absolute atomic E-state index is 6.20. The molecule has 0 aromatic carbocycles. The molecule has 0 aliphatic carbocycles. The highest BCUT2D eigenvalue weighted by atomic mass is 16.5. The Labute approximate surface area is 113 Å². The zero-order chi connectivity index (χ0) is 14.0. The molecule has 2 aromatic rings. The summed E-state index contributed by atoms with van der Waals surface area (Å²) >= 11 is 0. The molecule has 6 heteroatoms. The fourth-order valence-electron chi connectivity index (χ4n) is 1.82. The summed E-state index contributed by atoms with van der Waals surface area (Å²) < 4.78 is 7.30. The highest BCUT2D eigenvalue weighted by Crippen LogP contribution is 2.23. The summed E-state index contributed by atoms with van der Waals surface area (Å²) in [6, 6.07) is -0.408. The maximum atomic E-state index is 6.20. The Kier molecular flexibility index (Phi) is 3.71. The zero-order valence-corrected chi connectivity index (χ0v) is 11.9. The Bertz CT molecular complexity index is 537. The van der Waals surface area contributed by atoms with Crippen molar-refractivity contribution in [3.8, 4) is 0 Å². The number of nitrogens with zero attached hydrogens (tertiary/aromatic N) is 4. The Morgan fingerprint density at radius 2 is 2.16 bits per heavy atom. The van der Waals surface area contributed by atoms with E-state index in [2.05, 4.69) is 22.0 Å². The van der Waals surface area contributed by atoms with Crippen LogP contribution in [0.3, 0.4) is 0 Å². The van der Waals surface area contributed by atoms with Crippen molar-refractivity contribution in [2.75, 3.05) is 0 Å². The van der Waals surface area contributed by atoms with Gasteiger partial charge in [-0.25, -0.2) is 4.98 Å². The van der Waals surface area contributed by atoms with Crippen LogP contribution in [0.5, 0.6) is 0 Å². The third-order valence-electron chi connectivity index (χ3n) is 2.89. The van der Waals surface area contributed by atoms with Crippen molar-refractivity contribution in [2.45, 2.75) is 52.1 Å². The van der Waals surface area contributed by atoms with Gasteiger partial charge in [0.2, 0.25) is 5.89 Å². The van der Waals surface area contributed by atoms with Gasteiger partial charge in [-0.2, -0.15) is 4.98 Å².